The molecule has 0 atom stereocenters. The summed E-state index contributed by atoms with van der Waals surface area (Å²) in [7, 11) is 1.70. The molecule has 0 fully saturated rings. The second-order valence-corrected chi connectivity index (χ2v) is 6.38. The third-order valence-corrected chi connectivity index (χ3v) is 3.41. The van der Waals surface area contributed by atoms with Crippen molar-refractivity contribution in [3.63, 3.8) is 0 Å². The van der Waals surface area contributed by atoms with Gasteiger partial charge in [0.05, 0.1) is 24.5 Å². The first-order valence-electron chi connectivity index (χ1n) is 7.77. The van der Waals surface area contributed by atoms with E-state index in [1.54, 1.807) is 30.1 Å². The van der Waals surface area contributed by atoms with E-state index in [-0.39, 0.29) is 30.9 Å². The average molecular weight is 365 g/mol. The van der Waals surface area contributed by atoms with Gasteiger partial charge < -0.3 is 10.6 Å². The number of nitrogens with zero attached hydrogens (tertiary/aromatic N) is 4. The zero-order chi connectivity index (χ0) is 18.4. The minimum absolute atomic E-state index is 0.0615. The largest absolute Gasteiger partial charge is 0.353 e. The van der Waals surface area contributed by atoms with Gasteiger partial charge in [0.1, 0.15) is 12.7 Å². The molecule has 0 aliphatic heterocycles. The molecule has 25 heavy (non-hydrogen) atoms. The number of benzene rings is 1. The summed E-state index contributed by atoms with van der Waals surface area (Å²) in [4.78, 5) is 29.6. The first-order chi connectivity index (χ1) is 11.8. The highest BCUT2D eigenvalue weighted by Gasteiger charge is 2.14. The number of amides is 2. The molecule has 0 bridgehead atoms. The molecule has 1 aromatic carbocycles. The number of hydrogen-bond acceptors (Lipinski definition) is 5. The SMILES string of the molecule is CC(C)NC(=O)CN(C)CC(=O)Nc1cc(Cl)ccc1-n1cncn1. The van der Waals surface area contributed by atoms with Crippen LogP contribution in [0.15, 0.2) is 30.9 Å². The summed E-state index contributed by atoms with van der Waals surface area (Å²) in [5.41, 5.74) is 1.17. The molecule has 2 amide bonds. The lowest BCUT2D eigenvalue weighted by molar-refractivity contribution is -0.123. The third kappa shape index (κ3) is 5.84. The molecule has 2 rings (SSSR count). The van der Waals surface area contributed by atoms with Crippen LogP contribution in [-0.4, -0.2) is 57.7 Å². The fraction of sp³-hybridized carbons (Fsp3) is 0.375. The minimum Gasteiger partial charge on any atom is -0.353 e. The van der Waals surface area contributed by atoms with E-state index < -0.39 is 0 Å². The molecule has 9 heteroatoms. The topological polar surface area (TPSA) is 92.2 Å². The van der Waals surface area contributed by atoms with Crippen molar-refractivity contribution >= 4 is 29.1 Å². The Labute approximate surface area is 151 Å². The lowest BCUT2D eigenvalue weighted by Crippen LogP contribution is -2.41. The van der Waals surface area contributed by atoms with Gasteiger partial charge in [-0.25, -0.2) is 9.67 Å². The van der Waals surface area contributed by atoms with Crippen LogP contribution in [0, 0.1) is 0 Å². The summed E-state index contributed by atoms with van der Waals surface area (Å²) in [5, 5.41) is 10.1. The van der Waals surface area contributed by atoms with Crippen molar-refractivity contribution in [2.75, 3.05) is 25.5 Å². The second kappa shape index (κ2) is 8.59. The number of nitrogens with one attached hydrogen (secondary N) is 2. The maximum Gasteiger partial charge on any atom is 0.238 e. The molecular formula is C16H21ClN6O2. The summed E-state index contributed by atoms with van der Waals surface area (Å²) >= 11 is 6.02. The zero-order valence-corrected chi connectivity index (χ0v) is 15.1. The van der Waals surface area contributed by atoms with Gasteiger partial charge in [-0.15, -0.1) is 0 Å². The van der Waals surface area contributed by atoms with E-state index in [0.717, 1.165) is 0 Å². The highest BCUT2D eigenvalue weighted by atomic mass is 35.5. The Hall–Kier alpha value is -2.45. The maximum absolute atomic E-state index is 12.3. The average Bonchev–Trinajstić information content (AvgIpc) is 2.99. The van der Waals surface area contributed by atoms with E-state index in [1.165, 1.54) is 17.3 Å². The van der Waals surface area contributed by atoms with Crippen LogP contribution in [-0.2, 0) is 9.59 Å². The normalized spacial score (nSPS) is 11.0. The number of anilines is 1. The third-order valence-electron chi connectivity index (χ3n) is 3.17. The molecule has 1 aromatic heterocycles. The second-order valence-electron chi connectivity index (χ2n) is 5.94. The highest BCUT2D eigenvalue weighted by molar-refractivity contribution is 6.31. The molecule has 0 aliphatic carbocycles. The van der Waals surface area contributed by atoms with Crippen molar-refractivity contribution in [1.29, 1.82) is 0 Å². The van der Waals surface area contributed by atoms with Crippen LogP contribution in [0.25, 0.3) is 5.69 Å². The van der Waals surface area contributed by atoms with E-state index in [9.17, 15) is 9.59 Å². The van der Waals surface area contributed by atoms with Crippen LogP contribution >= 0.6 is 11.6 Å². The number of carbonyl (C=O) groups excluding carboxylic acids is 2. The molecule has 2 aromatic rings. The van der Waals surface area contributed by atoms with E-state index in [2.05, 4.69) is 20.7 Å². The lowest BCUT2D eigenvalue weighted by Gasteiger charge is -2.18. The Morgan fingerprint density at radius 2 is 2.00 bits per heavy atom. The zero-order valence-electron chi connectivity index (χ0n) is 14.4. The standard InChI is InChI=1S/C16H21ClN6O2/c1-11(2)20-15(24)7-22(3)8-16(25)21-13-6-12(17)4-5-14(13)23-10-18-9-19-23/h4-6,9-11H,7-8H2,1-3H3,(H,20,24)(H,21,25). The van der Waals surface area contributed by atoms with Crippen LogP contribution in [0.1, 0.15) is 13.8 Å². The molecule has 1 heterocycles. The van der Waals surface area contributed by atoms with Gasteiger partial charge in [-0.2, -0.15) is 5.10 Å². The van der Waals surface area contributed by atoms with Gasteiger partial charge in [0, 0.05) is 11.1 Å². The fourth-order valence-electron chi connectivity index (χ4n) is 2.24. The fourth-order valence-corrected chi connectivity index (χ4v) is 2.42. The van der Waals surface area contributed by atoms with Crippen molar-refractivity contribution in [1.82, 2.24) is 25.0 Å². The van der Waals surface area contributed by atoms with Crippen molar-refractivity contribution in [3.05, 3.63) is 35.9 Å². The summed E-state index contributed by atoms with van der Waals surface area (Å²) in [6, 6.07) is 5.15. The smallest absolute Gasteiger partial charge is 0.238 e. The quantitative estimate of drug-likeness (QED) is 0.773. The van der Waals surface area contributed by atoms with Crippen LogP contribution in [0.4, 0.5) is 5.69 Å². The van der Waals surface area contributed by atoms with E-state index in [4.69, 9.17) is 11.6 Å². The van der Waals surface area contributed by atoms with Gasteiger partial charge in [0.2, 0.25) is 11.8 Å². The molecule has 2 N–H and O–H groups in total. The Balaban J connectivity index is 2.01. The minimum atomic E-state index is -0.261. The van der Waals surface area contributed by atoms with Gasteiger partial charge in [-0.3, -0.25) is 14.5 Å². The molecule has 0 saturated heterocycles. The maximum atomic E-state index is 12.3. The number of carbonyl (C=O) groups is 2. The van der Waals surface area contributed by atoms with Gasteiger partial charge in [-0.05, 0) is 39.1 Å². The van der Waals surface area contributed by atoms with E-state index in [0.29, 0.717) is 16.4 Å². The summed E-state index contributed by atoms with van der Waals surface area (Å²) in [6.07, 6.45) is 2.93. The first kappa shape index (κ1) is 18.9. The predicted octanol–water partition coefficient (Wildman–Crippen LogP) is 1.32. The van der Waals surface area contributed by atoms with Crippen molar-refractivity contribution in [2.45, 2.75) is 19.9 Å². The van der Waals surface area contributed by atoms with E-state index >= 15 is 0 Å². The van der Waals surface area contributed by atoms with Gasteiger partial charge >= 0.3 is 0 Å². The van der Waals surface area contributed by atoms with Crippen molar-refractivity contribution in [3.8, 4) is 5.69 Å². The molecule has 0 radical (unpaired) electrons. The number of hydrogen-bond donors (Lipinski definition) is 2. The number of rotatable bonds is 7. The summed E-state index contributed by atoms with van der Waals surface area (Å²) in [6.45, 7) is 3.97. The first-order valence-corrected chi connectivity index (χ1v) is 8.15. The molecule has 134 valence electrons. The number of likely N-dealkylation sites (N-methyl/N-ethyl adjacent to an activating group) is 1. The van der Waals surface area contributed by atoms with Crippen LogP contribution in [0.5, 0.6) is 0 Å². The summed E-state index contributed by atoms with van der Waals surface area (Å²) in [5.74, 6) is -0.389. The van der Waals surface area contributed by atoms with E-state index in [1.807, 2.05) is 13.8 Å². The number of aromatic nitrogens is 3. The Kier molecular flexibility index (Phi) is 6.49. The molecule has 0 spiro atoms. The molecule has 0 aliphatic rings. The van der Waals surface area contributed by atoms with Crippen LogP contribution < -0.4 is 10.6 Å². The number of halogens is 1. The monoisotopic (exact) mass is 364 g/mol. The Morgan fingerprint density at radius 1 is 1.28 bits per heavy atom. The van der Waals surface area contributed by atoms with Crippen LogP contribution in [0.2, 0.25) is 5.02 Å². The highest BCUT2D eigenvalue weighted by Crippen LogP contribution is 2.23. The van der Waals surface area contributed by atoms with Gasteiger partial charge in [-0.1, -0.05) is 11.6 Å². The van der Waals surface area contributed by atoms with Crippen molar-refractivity contribution in [2.24, 2.45) is 0 Å². The predicted molar refractivity (Wildman–Crippen MR) is 95.8 cm³/mol. The van der Waals surface area contributed by atoms with Crippen LogP contribution in [0.3, 0.4) is 0 Å². The molecule has 0 saturated carbocycles. The van der Waals surface area contributed by atoms with Gasteiger partial charge in [0.15, 0.2) is 0 Å². The van der Waals surface area contributed by atoms with Gasteiger partial charge in [0.25, 0.3) is 0 Å². The molecule has 8 nitrogen and oxygen atoms in total. The van der Waals surface area contributed by atoms with Crippen molar-refractivity contribution < 1.29 is 9.59 Å². The molecule has 0 unspecified atom stereocenters. The Bertz CT molecular complexity index is 732. The summed E-state index contributed by atoms with van der Waals surface area (Å²) < 4.78 is 1.53. The lowest BCUT2D eigenvalue weighted by atomic mass is 10.2. The molecular weight excluding hydrogens is 344 g/mol. The Morgan fingerprint density at radius 3 is 2.64 bits per heavy atom.